The van der Waals surface area contributed by atoms with Crippen LogP contribution in [0, 0.1) is 0 Å². The number of nitrogens with zero attached hydrogens (tertiary/aromatic N) is 2. The normalized spacial score (nSPS) is 9.44. The fourth-order valence-corrected chi connectivity index (χ4v) is 0.694. The van der Waals surface area contributed by atoms with Gasteiger partial charge in [0.05, 0.1) is 0 Å². The Labute approximate surface area is 52.8 Å². The van der Waals surface area contributed by atoms with E-state index in [-0.39, 0.29) is 5.56 Å². The molecule has 0 saturated heterocycles. The van der Waals surface area contributed by atoms with Crippen molar-refractivity contribution in [2.75, 3.05) is 0 Å². The molecule has 0 atom stereocenters. The number of rotatable bonds is 1. The van der Waals surface area contributed by atoms with Crippen LogP contribution in [0.3, 0.4) is 0 Å². The largest absolute Gasteiger partial charge is 0.289 e. The van der Waals surface area contributed by atoms with E-state index in [1.165, 1.54) is 16.9 Å². The molecule has 0 bridgehead atoms. The lowest BCUT2D eigenvalue weighted by Crippen LogP contribution is -2.14. The first-order valence-electron chi connectivity index (χ1n) is 2.62. The van der Waals surface area contributed by atoms with E-state index < -0.39 is 0 Å². The van der Waals surface area contributed by atoms with E-state index in [9.17, 15) is 4.79 Å². The molecule has 3 heteroatoms. The summed E-state index contributed by atoms with van der Waals surface area (Å²) in [5.41, 5.74) is -0.0486. The number of aryl methyl sites for hydroxylation is 1. The Morgan fingerprint density at radius 1 is 1.78 bits per heavy atom. The van der Waals surface area contributed by atoms with E-state index in [1.54, 1.807) is 17.9 Å². The van der Waals surface area contributed by atoms with Crippen LogP contribution in [0.4, 0.5) is 0 Å². The summed E-state index contributed by atoms with van der Waals surface area (Å²) >= 11 is 0. The molecule has 0 fully saturated rings. The van der Waals surface area contributed by atoms with Gasteiger partial charge in [-0.25, -0.2) is 4.68 Å². The second-order valence-corrected chi connectivity index (χ2v) is 1.75. The third-order valence-corrected chi connectivity index (χ3v) is 1.17. The minimum atomic E-state index is -0.0486. The summed E-state index contributed by atoms with van der Waals surface area (Å²) in [4.78, 5) is 10.7. The van der Waals surface area contributed by atoms with E-state index in [0.717, 1.165) is 0 Å². The third kappa shape index (κ3) is 0.806. The first-order chi connectivity index (χ1) is 4.25. The standard InChI is InChI=1S/C6H8N2O/c1-3-8-6(9)4-5-7(8)2/h3-5H,1H2,2H3. The van der Waals surface area contributed by atoms with Crippen molar-refractivity contribution in [2.45, 2.75) is 0 Å². The summed E-state index contributed by atoms with van der Waals surface area (Å²) in [6.45, 7) is 3.47. The maximum Gasteiger partial charge on any atom is 0.270 e. The van der Waals surface area contributed by atoms with Crippen LogP contribution >= 0.6 is 0 Å². The van der Waals surface area contributed by atoms with Gasteiger partial charge in [-0.15, -0.1) is 0 Å². The van der Waals surface area contributed by atoms with Crippen LogP contribution in [0.1, 0.15) is 0 Å². The molecular formula is C6H8N2O. The van der Waals surface area contributed by atoms with Crippen LogP contribution in [0.5, 0.6) is 0 Å². The lowest BCUT2D eigenvalue weighted by Gasteiger charge is -1.96. The Hall–Kier alpha value is -1.25. The molecule has 3 nitrogen and oxygen atoms in total. The molecule has 9 heavy (non-hydrogen) atoms. The molecule has 0 aliphatic rings. The van der Waals surface area contributed by atoms with Gasteiger partial charge in [-0.2, -0.15) is 0 Å². The highest BCUT2D eigenvalue weighted by Gasteiger charge is 1.90. The average molecular weight is 124 g/mol. The van der Waals surface area contributed by atoms with Crippen LogP contribution in [-0.4, -0.2) is 9.36 Å². The first kappa shape index (κ1) is 5.88. The molecule has 0 aromatic carbocycles. The smallest absolute Gasteiger partial charge is 0.270 e. The minimum absolute atomic E-state index is 0.0486. The Balaban J connectivity index is 3.40. The molecule has 0 saturated carbocycles. The summed E-state index contributed by atoms with van der Waals surface area (Å²) in [5.74, 6) is 0. The monoisotopic (exact) mass is 124 g/mol. The van der Waals surface area contributed by atoms with E-state index in [2.05, 4.69) is 6.58 Å². The predicted molar refractivity (Wildman–Crippen MR) is 36.1 cm³/mol. The maximum absolute atomic E-state index is 10.7. The zero-order chi connectivity index (χ0) is 6.85. The van der Waals surface area contributed by atoms with Gasteiger partial charge in [0.25, 0.3) is 5.56 Å². The van der Waals surface area contributed by atoms with Crippen LogP contribution in [0.2, 0.25) is 0 Å². The highest BCUT2D eigenvalue weighted by molar-refractivity contribution is 5.13. The van der Waals surface area contributed by atoms with Gasteiger partial charge in [0.15, 0.2) is 0 Å². The molecule has 48 valence electrons. The fourth-order valence-electron chi connectivity index (χ4n) is 0.694. The van der Waals surface area contributed by atoms with Gasteiger partial charge in [-0.05, 0) is 0 Å². The Bertz CT molecular complexity index is 269. The molecule has 1 rings (SSSR count). The molecule has 1 aromatic heterocycles. The maximum atomic E-state index is 10.7. The van der Waals surface area contributed by atoms with Crippen LogP contribution in [0.25, 0.3) is 6.20 Å². The van der Waals surface area contributed by atoms with Crippen molar-refractivity contribution in [3.8, 4) is 0 Å². The van der Waals surface area contributed by atoms with Gasteiger partial charge >= 0.3 is 0 Å². The second kappa shape index (κ2) is 1.93. The van der Waals surface area contributed by atoms with Gasteiger partial charge in [0.1, 0.15) is 0 Å². The minimum Gasteiger partial charge on any atom is -0.289 e. The SMILES string of the molecule is C=Cn1c(=O)ccn1C. The summed E-state index contributed by atoms with van der Waals surface area (Å²) < 4.78 is 3.08. The first-order valence-corrected chi connectivity index (χ1v) is 2.62. The van der Waals surface area contributed by atoms with E-state index >= 15 is 0 Å². The van der Waals surface area contributed by atoms with Gasteiger partial charge in [-0.1, -0.05) is 6.58 Å². The molecule has 0 unspecified atom stereocenters. The molecule has 0 aliphatic heterocycles. The Kier molecular flexibility index (Phi) is 1.26. The molecule has 0 amide bonds. The fraction of sp³-hybridized carbons (Fsp3) is 0.167. The third-order valence-electron chi connectivity index (χ3n) is 1.17. The van der Waals surface area contributed by atoms with Gasteiger partial charge in [0, 0.05) is 25.5 Å². The molecule has 0 spiro atoms. The van der Waals surface area contributed by atoms with Crippen LogP contribution < -0.4 is 5.56 Å². The predicted octanol–water partition coefficient (Wildman–Crippen LogP) is 0.287. The van der Waals surface area contributed by atoms with Crippen molar-refractivity contribution in [3.63, 3.8) is 0 Å². The highest BCUT2D eigenvalue weighted by Crippen LogP contribution is 1.79. The number of hydrogen-bond acceptors (Lipinski definition) is 1. The van der Waals surface area contributed by atoms with Gasteiger partial charge < -0.3 is 0 Å². The molecule has 0 N–H and O–H groups in total. The summed E-state index contributed by atoms with van der Waals surface area (Å²) in [7, 11) is 1.78. The van der Waals surface area contributed by atoms with Crippen molar-refractivity contribution in [2.24, 2.45) is 7.05 Å². The molecule has 1 aromatic rings. The van der Waals surface area contributed by atoms with Crippen molar-refractivity contribution >= 4 is 6.20 Å². The quantitative estimate of drug-likeness (QED) is 0.528. The topological polar surface area (TPSA) is 26.9 Å². The number of aromatic nitrogens is 2. The molecule has 0 radical (unpaired) electrons. The van der Waals surface area contributed by atoms with Crippen molar-refractivity contribution in [1.82, 2.24) is 9.36 Å². The summed E-state index contributed by atoms with van der Waals surface area (Å²) in [5, 5.41) is 0. The molecular weight excluding hydrogens is 116 g/mol. The molecule has 1 heterocycles. The van der Waals surface area contributed by atoms with Crippen LogP contribution in [0.15, 0.2) is 23.6 Å². The highest BCUT2D eigenvalue weighted by atomic mass is 16.1. The second-order valence-electron chi connectivity index (χ2n) is 1.75. The van der Waals surface area contributed by atoms with Gasteiger partial charge in [-0.3, -0.25) is 9.48 Å². The van der Waals surface area contributed by atoms with E-state index in [4.69, 9.17) is 0 Å². The summed E-state index contributed by atoms with van der Waals surface area (Å²) in [6, 6.07) is 1.49. The van der Waals surface area contributed by atoms with Crippen LogP contribution in [-0.2, 0) is 7.05 Å². The Morgan fingerprint density at radius 2 is 2.44 bits per heavy atom. The Morgan fingerprint density at radius 3 is 2.67 bits per heavy atom. The van der Waals surface area contributed by atoms with Gasteiger partial charge in [0.2, 0.25) is 0 Å². The summed E-state index contributed by atoms with van der Waals surface area (Å²) in [6.07, 6.45) is 3.16. The van der Waals surface area contributed by atoms with E-state index in [0.29, 0.717) is 0 Å². The van der Waals surface area contributed by atoms with Crippen molar-refractivity contribution in [3.05, 3.63) is 29.2 Å². The average Bonchev–Trinajstić information content (AvgIpc) is 2.12. The van der Waals surface area contributed by atoms with Crippen molar-refractivity contribution in [1.29, 1.82) is 0 Å². The van der Waals surface area contributed by atoms with E-state index in [1.807, 2.05) is 0 Å². The molecule has 0 aliphatic carbocycles. The zero-order valence-electron chi connectivity index (χ0n) is 5.24. The lowest BCUT2D eigenvalue weighted by molar-refractivity contribution is 0.674. The number of hydrogen-bond donors (Lipinski definition) is 0. The lowest BCUT2D eigenvalue weighted by atomic mass is 10.7. The van der Waals surface area contributed by atoms with Crippen molar-refractivity contribution < 1.29 is 0 Å². The zero-order valence-corrected chi connectivity index (χ0v) is 5.24.